The molecule has 0 aliphatic heterocycles. The average Bonchev–Trinajstić information content (AvgIpc) is 3.59. The number of ether oxygens (including phenoxy) is 2. The van der Waals surface area contributed by atoms with Crippen molar-refractivity contribution in [1.29, 1.82) is 0 Å². The van der Waals surface area contributed by atoms with Gasteiger partial charge in [0.05, 0.1) is 18.1 Å². The lowest BCUT2D eigenvalue weighted by molar-refractivity contribution is -0.221. The number of alkyl halides is 2. The summed E-state index contributed by atoms with van der Waals surface area (Å²) >= 11 is 0.819. The Bertz CT molecular complexity index is 1520. The minimum Gasteiger partial charge on any atom is -0.457 e. The number of aliphatic hydroxyl groups is 1. The second-order valence-electron chi connectivity index (χ2n) is 13.8. The zero-order valence-corrected chi connectivity index (χ0v) is 27.5. The molecule has 0 amide bonds. The van der Waals surface area contributed by atoms with Crippen molar-refractivity contribution >= 4 is 34.6 Å². The van der Waals surface area contributed by atoms with Gasteiger partial charge in [0.2, 0.25) is 10.9 Å². The van der Waals surface area contributed by atoms with Gasteiger partial charge in [-0.2, -0.15) is 0 Å². The molecule has 4 aliphatic rings. The van der Waals surface area contributed by atoms with Crippen molar-refractivity contribution in [2.24, 2.45) is 34.5 Å². The molecule has 8 nitrogen and oxygen atoms in total. The molecule has 4 aliphatic carbocycles. The normalized spacial score (nSPS) is 37.7. The highest BCUT2D eigenvalue weighted by atomic mass is 32.2. The van der Waals surface area contributed by atoms with Crippen LogP contribution in [0.1, 0.15) is 70.9 Å². The molecular weight excluding hydrogens is 618 g/mol. The van der Waals surface area contributed by atoms with Crippen LogP contribution in [0.2, 0.25) is 0 Å². The molecule has 9 atom stereocenters. The maximum absolute atomic E-state index is 17.7. The summed E-state index contributed by atoms with van der Waals surface area (Å²) in [7, 11) is 0. The number of halogens is 2. The van der Waals surface area contributed by atoms with Crippen molar-refractivity contribution < 1.29 is 47.0 Å². The first-order valence-electron chi connectivity index (χ1n) is 15.6. The fraction of sp³-hybridized carbons (Fsp3) is 0.600. The Morgan fingerprint density at radius 1 is 1.20 bits per heavy atom. The summed E-state index contributed by atoms with van der Waals surface area (Å²) in [6, 6.07) is 2.91. The zero-order valence-electron chi connectivity index (χ0n) is 26.6. The number of carbonyl (C=O) groups excluding carboxylic acids is 4. The van der Waals surface area contributed by atoms with E-state index in [1.54, 1.807) is 13.8 Å². The largest absolute Gasteiger partial charge is 0.457 e. The van der Waals surface area contributed by atoms with Crippen molar-refractivity contribution in [2.45, 2.75) is 83.8 Å². The van der Waals surface area contributed by atoms with Crippen molar-refractivity contribution in [3.8, 4) is 11.8 Å². The van der Waals surface area contributed by atoms with E-state index >= 15 is 8.78 Å². The number of thioether (sulfide) groups is 1. The summed E-state index contributed by atoms with van der Waals surface area (Å²) in [6.07, 6.45) is 1.59. The Hall–Kier alpha value is -3.23. The van der Waals surface area contributed by atoms with E-state index in [1.807, 2.05) is 13.8 Å². The number of fused-ring (bicyclic) bond motifs is 5. The number of aliphatic hydroxyl groups excluding tert-OH is 1. The number of hydrogen-bond donors (Lipinski definition) is 1. The first kappa shape index (κ1) is 34.1. The van der Waals surface area contributed by atoms with E-state index < -0.39 is 69.0 Å². The van der Waals surface area contributed by atoms with Gasteiger partial charge in [-0.05, 0) is 67.9 Å². The van der Waals surface area contributed by atoms with Gasteiger partial charge in [0.15, 0.2) is 23.7 Å². The molecular formula is C35H40F2O8S. The van der Waals surface area contributed by atoms with E-state index in [0.717, 1.165) is 17.8 Å². The summed E-state index contributed by atoms with van der Waals surface area (Å²) in [4.78, 5) is 51.7. The fourth-order valence-corrected chi connectivity index (χ4v) is 9.62. The number of allylic oxidation sites excluding steroid dienone is 4. The van der Waals surface area contributed by atoms with Crippen LogP contribution in [0.25, 0.3) is 0 Å². The molecule has 3 fully saturated rings. The minimum atomic E-state index is -2.35. The predicted octanol–water partition coefficient (Wildman–Crippen LogP) is 5.59. The van der Waals surface area contributed by atoms with Crippen LogP contribution in [-0.4, -0.2) is 63.8 Å². The van der Waals surface area contributed by atoms with Crippen molar-refractivity contribution in [3.05, 3.63) is 48.0 Å². The molecule has 0 aromatic carbocycles. The van der Waals surface area contributed by atoms with Gasteiger partial charge in [0.25, 0.3) is 0 Å². The third-order valence-electron chi connectivity index (χ3n) is 10.7. The minimum absolute atomic E-state index is 0.00282. The standard InChI is InChI=1S/C35H40F2O8S/c1-20(2)15-29(40)44-12-6-7-14-46-31(42)35(45-30(41)27-9-8-13-43-27)21(3)16-23-24-18-26(36)25-17-22(38)10-11-32(25,4)34(24,37)28(39)19-33(23,35)5/h8-11,13,17,20-21,23-24,26,28,39H,12,14-16,18-19H2,1-5H3/t21-,23+,24+,26+,28+,32+,33+,34+,35+/m1/s1. The predicted molar refractivity (Wildman–Crippen MR) is 166 cm³/mol. The van der Waals surface area contributed by atoms with E-state index in [9.17, 15) is 24.3 Å². The average molecular weight is 659 g/mol. The smallest absolute Gasteiger partial charge is 0.375 e. The number of rotatable bonds is 7. The topological polar surface area (TPSA) is 120 Å². The van der Waals surface area contributed by atoms with Crippen LogP contribution < -0.4 is 0 Å². The molecule has 11 heteroatoms. The third-order valence-corrected chi connectivity index (χ3v) is 11.6. The van der Waals surface area contributed by atoms with Crippen LogP contribution in [0.3, 0.4) is 0 Å². The van der Waals surface area contributed by atoms with E-state index in [0.29, 0.717) is 0 Å². The molecule has 0 radical (unpaired) electrons. The van der Waals surface area contributed by atoms with Gasteiger partial charge in [-0.1, -0.05) is 57.4 Å². The Morgan fingerprint density at radius 3 is 2.61 bits per heavy atom. The quantitative estimate of drug-likeness (QED) is 0.295. The Labute approximate surface area is 271 Å². The van der Waals surface area contributed by atoms with Crippen LogP contribution in [0.15, 0.2) is 46.6 Å². The van der Waals surface area contributed by atoms with Crippen LogP contribution in [0, 0.1) is 46.3 Å². The lowest BCUT2D eigenvalue weighted by Gasteiger charge is -2.63. The van der Waals surface area contributed by atoms with Crippen LogP contribution in [0.4, 0.5) is 8.78 Å². The third kappa shape index (κ3) is 5.26. The Morgan fingerprint density at radius 2 is 1.93 bits per heavy atom. The number of ketones is 1. The zero-order chi connectivity index (χ0) is 33.7. The summed E-state index contributed by atoms with van der Waals surface area (Å²) in [5.74, 6) is 1.46. The number of carbonyl (C=O) groups is 4. The summed E-state index contributed by atoms with van der Waals surface area (Å²) < 4.78 is 50.1. The molecule has 0 unspecified atom stereocenters. The van der Waals surface area contributed by atoms with E-state index in [1.165, 1.54) is 37.5 Å². The van der Waals surface area contributed by atoms with Gasteiger partial charge in [-0.15, -0.1) is 0 Å². The maximum Gasteiger partial charge on any atom is 0.375 e. The van der Waals surface area contributed by atoms with Gasteiger partial charge < -0.3 is 19.0 Å². The van der Waals surface area contributed by atoms with Crippen molar-refractivity contribution in [2.75, 3.05) is 12.4 Å². The SMILES string of the molecule is CC(C)CC(=O)OCC#CCSC(=O)[C@@]1(OC(=O)c2ccco2)[C@H](C)C[C@H]2[C@@H]3C[C@H](F)C4=CC(=O)C=C[C@]4(C)[C@@]3(F)[C@@H](O)C[C@@]21C. The van der Waals surface area contributed by atoms with Gasteiger partial charge in [-0.3, -0.25) is 14.4 Å². The molecule has 1 aromatic rings. The molecule has 0 bridgehead atoms. The lowest BCUT2D eigenvalue weighted by Crippen LogP contribution is -2.70. The van der Waals surface area contributed by atoms with E-state index in [-0.39, 0.29) is 61.3 Å². The molecule has 3 saturated carbocycles. The first-order valence-corrected chi connectivity index (χ1v) is 16.6. The second kappa shape index (κ2) is 12.4. The van der Waals surface area contributed by atoms with Gasteiger partial charge in [0, 0.05) is 29.1 Å². The van der Waals surface area contributed by atoms with Crippen LogP contribution >= 0.6 is 11.8 Å². The summed E-state index contributed by atoms with van der Waals surface area (Å²) in [6.45, 7) is 8.61. The van der Waals surface area contributed by atoms with Crippen molar-refractivity contribution in [1.82, 2.24) is 0 Å². The Balaban J connectivity index is 1.48. The monoisotopic (exact) mass is 658 g/mol. The first-order chi connectivity index (χ1) is 21.6. The molecule has 46 heavy (non-hydrogen) atoms. The van der Waals surface area contributed by atoms with Crippen LogP contribution in [-0.2, 0) is 23.9 Å². The molecule has 248 valence electrons. The Kier molecular flexibility index (Phi) is 9.21. The number of esters is 2. The molecule has 0 spiro atoms. The number of furan rings is 1. The molecule has 0 saturated heterocycles. The molecule has 1 N–H and O–H groups in total. The number of hydrogen-bond acceptors (Lipinski definition) is 9. The van der Waals surface area contributed by atoms with Gasteiger partial charge in [-0.25, -0.2) is 13.6 Å². The maximum atomic E-state index is 17.7. The molecule has 1 aromatic heterocycles. The van der Waals surface area contributed by atoms with Crippen LogP contribution in [0.5, 0.6) is 0 Å². The highest BCUT2D eigenvalue weighted by Crippen LogP contribution is 2.72. The lowest BCUT2D eigenvalue weighted by atomic mass is 9.44. The van der Waals surface area contributed by atoms with E-state index in [4.69, 9.17) is 13.9 Å². The van der Waals surface area contributed by atoms with Crippen molar-refractivity contribution in [3.63, 3.8) is 0 Å². The van der Waals surface area contributed by atoms with E-state index in [2.05, 4.69) is 11.8 Å². The summed E-state index contributed by atoms with van der Waals surface area (Å²) in [5, 5.41) is 11.2. The molecule has 1 heterocycles. The molecule has 5 rings (SSSR count). The highest BCUT2D eigenvalue weighted by molar-refractivity contribution is 8.14. The van der Waals surface area contributed by atoms with Gasteiger partial charge in [0.1, 0.15) is 6.17 Å². The highest BCUT2D eigenvalue weighted by Gasteiger charge is 2.78. The second-order valence-corrected chi connectivity index (χ2v) is 14.7. The van der Waals surface area contributed by atoms with Gasteiger partial charge >= 0.3 is 11.9 Å². The fourth-order valence-electron chi connectivity index (χ4n) is 8.63. The summed E-state index contributed by atoms with van der Waals surface area (Å²) in [5.41, 5.74) is -7.08.